The maximum Gasteiger partial charge on any atom is 0.407 e. The first kappa shape index (κ1) is 39.4. The Kier molecular flexibility index (Phi) is 12.7. The number of carbonyl (C=O) groups excluding carboxylic acids is 4. The van der Waals surface area contributed by atoms with E-state index in [1.165, 1.54) is 14.2 Å². The van der Waals surface area contributed by atoms with Crippen LogP contribution >= 0.6 is 0 Å². The van der Waals surface area contributed by atoms with E-state index in [-0.39, 0.29) is 35.7 Å². The van der Waals surface area contributed by atoms with Crippen LogP contribution < -0.4 is 10.6 Å². The lowest BCUT2D eigenvalue weighted by molar-refractivity contribution is -0.136. The zero-order valence-corrected chi connectivity index (χ0v) is 32.3. The van der Waals surface area contributed by atoms with Gasteiger partial charge in [0.05, 0.1) is 37.7 Å². The van der Waals surface area contributed by atoms with Crippen molar-refractivity contribution in [2.45, 2.75) is 91.4 Å². The van der Waals surface area contributed by atoms with Gasteiger partial charge in [0.15, 0.2) is 0 Å². The summed E-state index contributed by atoms with van der Waals surface area (Å²) in [7, 11) is 2.56. The number of amides is 4. The van der Waals surface area contributed by atoms with Crippen LogP contribution in [0, 0.1) is 49.4 Å². The molecule has 4 heterocycles. The predicted octanol–water partition coefficient (Wildman–Crippen LogP) is 4.64. The van der Waals surface area contributed by atoms with Gasteiger partial charge in [-0.1, -0.05) is 39.5 Å². The van der Waals surface area contributed by atoms with Crippen LogP contribution in [0.2, 0.25) is 0 Å². The Hall–Kier alpha value is -5.76. The van der Waals surface area contributed by atoms with E-state index in [2.05, 4.69) is 44.3 Å². The van der Waals surface area contributed by atoms with E-state index < -0.39 is 24.3 Å². The fourth-order valence-corrected chi connectivity index (χ4v) is 6.82. The number of imidazole rings is 2. The van der Waals surface area contributed by atoms with E-state index >= 15 is 0 Å². The van der Waals surface area contributed by atoms with Gasteiger partial charge < -0.3 is 39.9 Å². The van der Waals surface area contributed by atoms with E-state index in [0.29, 0.717) is 36.1 Å². The molecule has 286 valence electrons. The van der Waals surface area contributed by atoms with E-state index in [9.17, 15) is 19.2 Å². The fourth-order valence-electron chi connectivity index (χ4n) is 6.82. The fraction of sp³-hybridized carbons (Fsp3) is 0.500. The van der Waals surface area contributed by atoms with Gasteiger partial charge in [-0.15, -0.1) is 0 Å². The van der Waals surface area contributed by atoms with Crippen molar-refractivity contribution in [1.82, 2.24) is 40.4 Å². The van der Waals surface area contributed by atoms with Crippen molar-refractivity contribution >= 4 is 24.0 Å². The summed E-state index contributed by atoms with van der Waals surface area (Å²) in [5, 5.41) is 5.35. The molecule has 5 rings (SSSR count). The lowest BCUT2D eigenvalue weighted by atomic mass is 10.0. The minimum absolute atomic E-state index is 0.119. The minimum Gasteiger partial charge on any atom is -0.453 e. The molecule has 0 aliphatic carbocycles. The van der Waals surface area contributed by atoms with E-state index in [0.717, 1.165) is 48.2 Å². The number of aromatic nitrogens is 4. The van der Waals surface area contributed by atoms with E-state index in [4.69, 9.17) is 19.4 Å². The molecule has 4 atom stereocenters. The van der Waals surface area contributed by atoms with E-state index in [1.54, 1.807) is 9.80 Å². The molecule has 2 aliphatic rings. The molecule has 0 bridgehead atoms. The van der Waals surface area contributed by atoms with E-state index in [1.807, 2.05) is 65.8 Å². The Morgan fingerprint density at radius 3 is 1.39 bits per heavy atom. The van der Waals surface area contributed by atoms with Crippen LogP contribution in [-0.2, 0) is 19.1 Å². The third-order valence-corrected chi connectivity index (χ3v) is 9.84. The molecule has 2 aromatic heterocycles. The number of H-pyrrole nitrogens is 2. The topological polar surface area (TPSA) is 175 Å². The highest BCUT2D eigenvalue weighted by molar-refractivity contribution is 5.87. The number of benzene rings is 1. The van der Waals surface area contributed by atoms with Gasteiger partial charge in [-0.05, 0) is 87.5 Å². The second-order valence-corrected chi connectivity index (χ2v) is 14.3. The van der Waals surface area contributed by atoms with Gasteiger partial charge in [-0.3, -0.25) is 9.59 Å². The average Bonchev–Trinajstić information content (AvgIpc) is 3.97. The molecule has 2 fully saturated rings. The van der Waals surface area contributed by atoms with Crippen molar-refractivity contribution < 1.29 is 28.7 Å². The Morgan fingerprint density at radius 2 is 1.06 bits per heavy atom. The maximum absolute atomic E-state index is 13.5. The molecular formula is C40H50N8O6. The summed E-state index contributed by atoms with van der Waals surface area (Å²) in [6.45, 7) is 12.5. The highest BCUT2D eigenvalue weighted by Gasteiger charge is 2.39. The number of aryl methyl sites for hydroxylation is 2. The molecule has 2 aliphatic heterocycles. The van der Waals surface area contributed by atoms with Crippen LogP contribution in [0.1, 0.15) is 111 Å². The van der Waals surface area contributed by atoms with Gasteiger partial charge >= 0.3 is 12.2 Å². The average molecular weight is 739 g/mol. The molecule has 0 unspecified atom stereocenters. The number of nitrogens with zero attached hydrogens (tertiary/aromatic N) is 4. The highest BCUT2D eigenvalue weighted by atomic mass is 16.5. The van der Waals surface area contributed by atoms with Crippen LogP contribution in [-0.4, -0.2) is 93.1 Å². The summed E-state index contributed by atoms with van der Waals surface area (Å²) in [4.78, 5) is 70.5. The van der Waals surface area contributed by atoms with Crippen molar-refractivity contribution in [2.24, 2.45) is 11.8 Å². The predicted molar refractivity (Wildman–Crippen MR) is 201 cm³/mol. The molecule has 0 saturated carbocycles. The van der Waals surface area contributed by atoms with Crippen molar-refractivity contribution in [1.29, 1.82) is 0 Å². The molecule has 4 N–H and O–H groups in total. The maximum atomic E-state index is 13.5. The highest BCUT2D eigenvalue weighted by Crippen LogP contribution is 2.33. The Labute approximate surface area is 316 Å². The van der Waals surface area contributed by atoms with Crippen molar-refractivity contribution in [3.05, 3.63) is 69.8 Å². The second kappa shape index (κ2) is 17.4. The van der Waals surface area contributed by atoms with Crippen molar-refractivity contribution in [3.8, 4) is 23.7 Å². The molecule has 2 saturated heterocycles. The van der Waals surface area contributed by atoms with Gasteiger partial charge in [0, 0.05) is 24.2 Å². The number of nitrogens with one attached hydrogen (secondary N) is 4. The van der Waals surface area contributed by atoms with Crippen LogP contribution in [0.5, 0.6) is 0 Å². The normalized spacial score (nSPS) is 17.7. The number of aromatic amines is 2. The number of likely N-dealkylation sites (tertiary alicyclic amines) is 2. The second-order valence-electron chi connectivity index (χ2n) is 14.3. The number of hydrogen-bond acceptors (Lipinski definition) is 8. The summed E-state index contributed by atoms with van der Waals surface area (Å²) < 4.78 is 9.48. The third kappa shape index (κ3) is 9.05. The Morgan fingerprint density at radius 1 is 0.685 bits per heavy atom. The molecule has 0 radical (unpaired) electrons. The standard InChI is InChI=1S/C40H50N8O6/c1-23(2)33(45-39(51)53-7)37(49)47-21-9-11-31(47)35-41-25(5)29(43-35)19-17-27-13-15-28(16-14-27)18-20-30-26(6)42-36(44-30)32-12-10-22-48(32)38(50)34(24(3)4)46-40(52)54-8/h13-16,23-24,31-34H,9-12,21-22H2,1-8H3,(H,41,43)(H,42,44)(H,45,51)(H,46,52)/t31-,32-,33-,34-/m0/s1. The SMILES string of the molecule is COC(=O)N[C@H](C(=O)N1CCC[C@H]1c1nc(C)c(C#Cc2ccc(C#Cc3[nH]c([C@@H]4CCCN4C(=O)[C@@H](NC(=O)OC)C(C)C)nc3C)cc2)[nH]1)C(C)C. The van der Waals surface area contributed by atoms with Crippen LogP contribution in [0.15, 0.2) is 24.3 Å². The van der Waals surface area contributed by atoms with Gasteiger partial charge in [0.2, 0.25) is 11.8 Å². The zero-order valence-electron chi connectivity index (χ0n) is 32.3. The van der Waals surface area contributed by atoms with Gasteiger partial charge in [-0.2, -0.15) is 0 Å². The largest absolute Gasteiger partial charge is 0.453 e. The summed E-state index contributed by atoms with van der Waals surface area (Å²) >= 11 is 0. The molecule has 54 heavy (non-hydrogen) atoms. The summed E-state index contributed by atoms with van der Waals surface area (Å²) in [5.74, 6) is 13.6. The summed E-state index contributed by atoms with van der Waals surface area (Å²) in [5.41, 5.74) is 4.43. The summed E-state index contributed by atoms with van der Waals surface area (Å²) in [6.07, 6.45) is 1.89. The molecule has 14 heteroatoms. The lowest BCUT2D eigenvalue weighted by Gasteiger charge is -2.29. The molecule has 1 aromatic carbocycles. The number of carbonyl (C=O) groups is 4. The number of rotatable bonds is 8. The molecule has 14 nitrogen and oxygen atoms in total. The molecule has 0 spiro atoms. The Bertz CT molecular complexity index is 1830. The van der Waals surface area contributed by atoms with Gasteiger partial charge in [0.1, 0.15) is 35.1 Å². The number of ether oxygens (including phenoxy) is 2. The van der Waals surface area contributed by atoms with Crippen molar-refractivity contribution in [2.75, 3.05) is 27.3 Å². The van der Waals surface area contributed by atoms with Crippen LogP contribution in [0.3, 0.4) is 0 Å². The monoisotopic (exact) mass is 738 g/mol. The molecular weight excluding hydrogens is 688 g/mol. The number of hydrogen-bond donors (Lipinski definition) is 4. The molecule has 4 amide bonds. The first-order valence-electron chi connectivity index (χ1n) is 18.4. The first-order chi connectivity index (χ1) is 25.8. The van der Waals surface area contributed by atoms with Crippen LogP contribution in [0.4, 0.5) is 9.59 Å². The summed E-state index contributed by atoms with van der Waals surface area (Å²) in [6, 6.07) is 5.72. The molecule has 3 aromatic rings. The van der Waals surface area contributed by atoms with Gasteiger partial charge in [-0.25, -0.2) is 19.6 Å². The van der Waals surface area contributed by atoms with Crippen molar-refractivity contribution in [3.63, 3.8) is 0 Å². The smallest absolute Gasteiger partial charge is 0.407 e. The minimum atomic E-state index is -0.705. The Balaban J connectivity index is 1.25. The first-order valence-corrected chi connectivity index (χ1v) is 18.4. The lowest BCUT2D eigenvalue weighted by Crippen LogP contribution is -2.51. The quantitative estimate of drug-likeness (QED) is 0.242. The number of methoxy groups -OCH3 is 2. The third-order valence-electron chi connectivity index (χ3n) is 9.84. The number of alkyl carbamates (subject to hydrolysis) is 2. The zero-order chi connectivity index (χ0) is 39.1. The van der Waals surface area contributed by atoms with Crippen LogP contribution in [0.25, 0.3) is 0 Å². The van der Waals surface area contributed by atoms with Gasteiger partial charge in [0.25, 0.3) is 0 Å².